The Morgan fingerprint density at radius 3 is 2.50 bits per heavy atom. The van der Waals surface area contributed by atoms with E-state index < -0.39 is 39.3 Å². The van der Waals surface area contributed by atoms with Gasteiger partial charge in [0.1, 0.15) is 0 Å². The average Bonchev–Trinajstić information content (AvgIpc) is 2.29. The van der Waals surface area contributed by atoms with Crippen molar-refractivity contribution in [2.45, 2.75) is 19.7 Å². The quantitative estimate of drug-likeness (QED) is 0.431. The second-order valence-corrected chi connectivity index (χ2v) is 4.35. The summed E-state index contributed by atoms with van der Waals surface area (Å²) in [6.07, 6.45) is -7.68. The molecule has 0 unspecified atom stereocenters. The van der Waals surface area contributed by atoms with Crippen molar-refractivity contribution in [2.24, 2.45) is 0 Å². The zero-order valence-corrected chi connectivity index (χ0v) is 12.0. The number of alkyl halides is 5. The molecule has 4 nitrogen and oxygen atoms in total. The Balaban J connectivity index is 3.31. The van der Waals surface area contributed by atoms with E-state index in [9.17, 15) is 26.7 Å². The first-order chi connectivity index (χ1) is 9.17. The van der Waals surface area contributed by atoms with Crippen LogP contribution in [0.1, 0.15) is 29.3 Å². The number of pyridine rings is 1. The number of hydrogen-bond acceptors (Lipinski definition) is 4. The molecule has 10 heteroatoms. The summed E-state index contributed by atoms with van der Waals surface area (Å²) >= 11 is 1.21. The lowest BCUT2D eigenvalue weighted by molar-refractivity contribution is -0.276. The van der Waals surface area contributed by atoms with Crippen LogP contribution in [0.15, 0.2) is 6.20 Å². The number of carbonyl (C=O) groups is 1. The highest BCUT2D eigenvalue weighted by Crippen LogP contribution is 2.35. The second kappa shape index (κ2) is 6.50. The largest absolute Gasteiger partial charge is 0.574 e. The van der Waals surface area contributed by atoms with Gasteiger partial charge in [0.15, 0.2) is 0 Å². The molecule has 0 amide bonds. The van der Waals surface area contributed by atoms with Crippen molar-refractivity contribution >= 4 is 28.6 Å². The molecule has 1 rings (SSSR count). The summed E-state index contributed by atoms with van der Waals surface area (Å²) in [7, 11) is 0. The van der Waals surface area contributed by atoms with E-state index in [0.717, 1.165) is 0 Å². The van der Waals surface area contributed by atoms with Crippen molar-refractivity contribution in [2.75, 3.05) is 6.61 Å². The van der Waals surface area contributed by atoms with Crippen LogP contribution in [0.25, 0.3) is 0 Å². The highest BCUT2D eigenvalue weighted by atomic mass is 127. The zero-order valence-electron chi connectivity index (χ0n) is 9.80. The highest BCUT2D eigenvalue weighted by Gasteiger charge is 2.35. The molecule has 0 spiro atoms. The monoisotopic (exact) mass is 411 g/mol. The summed E-state index contributed by atoms with van der Waals surface area (Å²) < 4.78 is 69.6. The van der Waals surface area contributed by atoms with Crippen LogP contribution in [0.2, 0.25) is 0 Å². The van der Waals surface area contributed by atoms with Crippen LogP contribution >= 0.6 is 22.6 Å². The van der Waals surface area contributed by atoms with Crippen molar-refractivity contribution in [1.29, 1.82) is 0 Å². The van der Waals surface area contributed by atoms with Gasteiger partial charge in [0.05, 0.1) is 21.3 Å². The first kappa shape index (κ1) is 16.9. The highest BCUT2D eigenvalue weighted by molar-refractivity contribution is 14.1. The lowest BCUT2D eigenvalue weighted by atomic mass is 10.1. The molecule has 0 saturated heterocycles. The molecule has 0 fully saturated rings. The minimum atomic E-state index is -5.07. The normalized spacial score (nSPS) is 11.6. The molecule has 1 aromatic heterocycles. The van der Waals surface area contributed by atoms with Gasteiger partial charge in [0, 0.05) is 6.20 Å². The predicted molar refractivity (Wildman–Crippen MR) is 64.6 cm³/mol. The summed E-state index contributed by atoms with van der Waals surface area (Å²) in [6.45, 7) is 1.39. The maximum absolute atomic E-state index is 12.9. The van der Waals surface area contributed by atoms with Crippen molar-refractivity contribution in [3.05, 3.63) is 20.9 Å². The third kappa shape index (κ3) is 4.15. The Morgan fingerprint density at radius 2 is 2.05 bits per heavy atom. The van der Waals surface area contributed by atoms with Crippen molar-refractivity contribution < 1.29 is 36.2 Å². The second-order valence-electron chi connectivity index (χ2n) is 3.27. The standard InChI is InChI=1S/C10H7F5INO3/c1-2-19-9(18)4-3-17-8(20-10(13,14)15)6(16)5(4)7(11)12/h3,7H,2H2,1H3. The van der Waals surface area contributed by atoms with Gasteiger partial charge in [-0.15, -0.1) is 13.2 Å². The molecule has 112 valence electrons. The van der Waals surface area contributed by atoms with Gasteiger partial charge in [-0.25, -0.2) is 18.6 Å². The summed E-state index contributed by atoms with van der Waals surface area (Å²) in [5.41, 5.74) is -1.50. The molecule has 0 atom stereocenters. The van der Waals surface area contributed by atoms with Gasteiger partial charge in [-0.2, -0.15) is 0 Å². The summed E-state index contributed by atoms with van der Waals surface area (Å²) in [5.74, 6) is -2.13. The fraction of sp³-hybridized carbons (Fsp3) is 0.400. The van der Waals surface area contributed by atoms with E-state index in [0.29, 0.717) is 6.20 Å². The number of aromatic nitrogens is 1. The Labute approximate surface area is 123 Å². The molecule has 0 aliphatic rings. The van der Waals surface area contributed by atoms with E-state index in [2.05, 4.69) is 14.5 Å². The number of carbonyl (C=O) groups excluding carboxylic acids is 1. The molecule has 0 aliphatic carbocycles. The molecule has 0 saturated carbocycles. The Bertz CT molecular complexity index is 506. The van der Waals surface area contributed by atoms with Crippen LogP contribution in [0, 0.1) is 3.57 Å². The van der Waals surface area contributed by atoms with E-state index in [1.807, 2.05) is 0 Å². The van der Waals surface area contributed by atoms with Crippen molar-refractivity contribution in [1.82, 2.24) is 4.98 Å². The maximum Gasteiger partial charge on any atom is 0.574 e. The van der Waals surface area contributed by atoms with Crippen LogP contribution in [-0.4, -0.2) is 23.9 Å². The van der Waals surface area contributed by atoms with E-state index in [-0.39, 0.29) is 6.61 Å². The lowest BCUT2D eigenvalue weighted by Crippen LogP contribution is -2.20. The number of esters is 1. The Hall–Kier alpha value is -1.20. The van der Waals surface area contributed by atoms with Crippen LogP contribution in [0.5, 0.6) is 5.88 Å². The Kier molecular flexibility index (Phi) is 5.48. The van der Waals surface area contributed by atoms with Gasteiger partial charge < -0.3 is 9.47 Å². The van der Waals surface area contributed by atoms with E-state index in [1.54, 1.807) is 0 Å². The lowest BCUT2D eigenvalue weighted by Gasteiger charge is -2.14. The first-order valence-corrected chi connectivity index (χ1v) is 6.14. The van der Waals surface area contributed by atoms with Crippen LogP contribution in [0.4, 0.5) is 22.0 Å². The zero-order chi connectivity index (χ0) is 15.5. The topological polar surface area (TPSA) is 48.4 Å². The van der Waals surface area contributed by atoms with Gasteiger partial charge in [0.25, 0.3) is 6.43 Å². The Morgan fingerprint density at radius 1 is 1.45 bits per heavy atom. The van der Waals surface area contributed by atoms with Crippen LogP contribution in [-0.2, 0) is 4.74 Å². The van der Waals surface area contributed by atoms with Gasteiger partial charge >= 0.3 is 12.3 Å². The van der Waals surface area contributed by atoms with Gasteiger partial charge in [-0.1, -0.05) is 0 Å². The summed E-state index contributed by atoms with van der Waals surface area (Å²) in [4.78, 5) is 14.7. The first-order valence-electron chi connectivity index (χ1n) is 5.06. The van der Waals surface area contributed by atoms with Gasteiger partial charge in [-0.05, 0) is 29.5 Å². The number of ether oxygens (including phenoxy) is 2. The minimum absolute atomic E-state index is 0.0705. The van der Waals surface area contributed by atoms with Gasteiger partial charge in [0.2, 0.25) is 5.88 Å². The molecule has 0 radical (unpaired) electrons. The van der Waals surface area contributed by atoms with Crippen LogP contribution < -0.4 is 4.74 Å². The average molecular weight is 411 g/mol. The molecule has 0 aromatic carbocycles. The van der Waals surface area contributed by atoms with E-state index >= 15 is 0 Å². The predicted octanol–water partition coefficient (Wildman–Crippen LogP) is 3.70. The maximum atomic E-state index is 12.9. The number of halogens is 6. The molecule has 1 aromatic rings. The number of hydrogen-bond donors (Lipinski definition) is 0. The number of rotatable bonds is 4. The third-order valence-electron chi connectivity index (χ3n) is 1.95. The fourth-order valence-corrected chi connectivity index (χ4v) is 2.02. The minimum Gasteiger partial charge on any atom is -0.462 e. The van der Waals surface area contributed by atoms with Crippen molar-refractivity contribution in [3.63, 3.8) is 0 Å². The molecule has 0 N–H and O–H groups in total. The third-order valence-corrected chi connectivity index (χ3v) is 2.99. The summed E-state index contributed by atoms with van der Waals surface area (Å²) in [5, 5.41) is 0. The van der Waals surface area contributed by atoms with E-state index in [1.165, 1.54) is 29.5 Å². The van der Waals surface area contributed by atoms with Gasteiger partial charge in [-0.3, -0.25) is 0 Å². The molecular weight excluding hydrogens is 404 g/mol. The number of nitrogens with zero attached hydrogens (tertiary/aromatic N) is 1. The molecule has 0 bridgehead atoms. The van der Waals surface area contributed by atoms with Crippen molar-refractivity contribution in [3.8, 4) is 5.88 Å². The summed E-state index contributed by atoms with van der Waals surface area (Å²) in [6, 6.07) is 0. The fourth-order valence-electron chi connectivity index (χ4n) is 1.25. The van der Waals surface area contributed by atoms with Crippen LogP contribution in [0.3, 0.4) is 0 Å². The molecular formula is C10H7F5INO3. The molecule has 1 heterocycles. The molecule has 0 aliphatic heterocycles. The van der Waals surface area contributed by atoms with E-state index in [4.69, 9.17) is 0 Å². The smallest absolute Gasteiger partial charge is 0.462 e. The SMILES string of the molecule is CCOC(=O)c1cnc(OC(F)(F)F)c(I)c1C(F)F. The molecule has 20 heavy (non-hydrogen) atoms.